The van der Waals surface area contributed by atoms with Crippen molar-refractivity contribution in [1.82, 2.24) is 0 Å². The van der Waals surface area contributed by atoms with Crippen LogP contribution in [0.15, 0.2) is 16.6 Å². The molecule has 0 bridgehead atoms. The largest absolute Gasteiger partial charge is 0.392 e. The Balaban J connectivity index is 2.79. The molecule has 1 aromatic carbocycles. The van der Waals surface area contributed by atoms with Gasteiger partial charge in [-0.25, -0.2) is 0 Å². The molecular weight excluding hydrogens is 242 g/mol. The number of aliphatic hydroxyl groups is 1. The smallest absolute Gasteiger partial charge is 0.0684 e. The minimum atomic E-state index is -0.320. The molecule has 2 N–H and O–H groups in total. The number of anilines is 1. The maximum Gasteiger partial charge on any atom is 0.0684 e. The van der Waals surface area contributed by atoms with Crippen LogP contribution in [0.1, 0.15) is 18.1 Å². The fourth-order valence-electron chi connectivity index (χ4n) is 1.31. The van der Waals surface area contributed by atoms with Crippen LogP contribution in [0.4, 0.5) is 5.69 Å². The van der Waals surface area contributed by atoms with Gasteiger partial charge in [0.2, 0.25) is 0 Å². The highest BCUT2D eigenvalue weighted by Crippen LogP contribution is 2.24. The van der Waals surface area contributed by atoms with Gasteiger partial charge >= 0.3 is 0 Å². The summed E-state index contributed by atoms with van der Waals surface area (Å²) in [6.45, 7) is 6.47. The molecule has 0 spiro atoms. The molecule has 1 aromatic rings. The molecule has 1 rings (SSSR count). The number of hydrogen-bond acceptors (Lipinski definition) is 2. The van der Waals surface area contributed by atoms with Crippen LogP contribution in [0.2, 0.25) is 0 Å². The van der Waals surface area contributed by atoms with Gasteiger partial charge in [-0.1, -0.05) is 15.9 Å². The molecule has 1 atom stereocenters. The van der Waals surface area contributed by atoms with Crippen LogP contribution in [0.25, 0.3) is 0 Å². The van der Waals surface area contributed by atoms with E-state index in [0.717, 1.165) is 10.2 Å². The normalized spacial score (nSPS) is 12.6. The predicted molar refractivity (Wildman–Crippen MR) is 63.8 cm³/mol. The molecule has 0 unspecified atom stereocenters. The number of rotatable bonds is 3. The van der Waals surface area contributed by atoms with Crippen molar-refractivity contribution in [2.24, 2.45) is 0 Å². The van der Waals surface area contributed by atoms with Crippen LogP contribution in [-0.2, 0) is 0 Å². The number of hydrogen-bond donors (Lipinski definition) is 2. The summed E-state index contributed by atoms with van der Waals surface area (Å²) in [5.74, 6) is 0. The van der Waals surface area contributed by atoms with E-state index < -0.39 is 0 Å². The first-order chi connectivity index (χ1) is 6.50. The second kappa shape index (κ2) is 4.80. The van der Waals surface area contributed by atoms with Gasteiger partial charge in [-0.3, -0.25) is 0 Å². The summed E-state index contributed by atoms with van der Waals surface area (Å²) < 4.78 is 1.15. The number of benzene rings is 1. The molecule has 0 aliphatic heterocycles. The van der Waals surface area contributed by atoms with Crippen molar-refractivity contribution in [3.8, 4) is 0 Å². The highest BCUT2D eigenvalue weighted by molar-refractivity contribution is 9.10. The van der Waals surface area contributed by atoms with Gasteiger partial charge in [0.1, 0.15) is 0 Å². The van der Waals surface area contributed by atoms with Crippen molar-refractivity contribution in [2.75, 3.05) is 11.9 Å². The van der Waals surface area contributed by atoms with E-state index in [9.17, 15) is 0 Å². The summed E-state index contributed by atoms with van der Waals surface area (Å²) in [7, 11) is 0. The zero-order valence-corrected chi connectivity index (χ0v) is 10.4. The Kier molecular flexibility index (Phi) is 3.96. The van der Waals surface area contributed by atoms with Crippen LogP contribution in [0.5, 0.6) is 0 Å². The number of nitrogens with one attached hydrogen (secondary N) is 1. The lowest BCUT2D eigenvalue weighted by Gasteiger charge is -2.11. The van der Waals surface area contributed by atoms with Gasteiger partial charge in [0.05, 0.1) is 6.10 Å². The third-order valence-electron chi connectivity index (χ3n) is 2.04. The van der Waals surface area contributed by atoms with E-state index in [1.54, 1.807) is 6.92 Å². The first-order valence-electron chi connectivity index (χ1n) is 4.69. The van der Waals surface area contributed by atoms with E-state index in [1.807, 2.05) is 0 Å². The SMILES string of the molecule is Cc1cc(NC[C@@H](C)O)cc(C)c1Br. The minimum absolute atomic E-state index is 0.320. The van der Waals surface area contributed by atoms with Crippen molar-refractivity contribution in [3.63, 3.8) is 0 Å². The van der Waals surface area contributed by atoms with Crippen molar-refractivity contribution < 1.29 is 5.11 Å². The van der Waals surface area contributed by atoms with Crippen molar-refractivity contribution in [1.29, 1.82) is 0 Å². The van der Waals surface area contributed by atoms with Gasteiger partial charge in [-0.15, -0.1) is 0 Å². The Labute approximate surface area is 93.5 Å². The van der Waals surface area contributed by atoms with Crippen LogP contribution in [0.3, 0.4) is 0 Å². The van der Waals surface area contributed by atoms with Gasteiger partial charge in [-0.05, 0) is 44.0 Å². The number of aryl methyl sites for hydroxylation is 2. The van der Waals surface area contributed by atoms with Crippen LogP contribution in [0, 0.1) is 13.8 Å². The summed E-state index contributed by atoms with van der Waals surface area (Å²) in [6, 6.07) is 4.14. The third kappa shape index (κ3) is 3.00. The molecule has 0 saturated carbocycles. The summed E-state index contributed by atoms with van der Waals surface area (Å²) in [6.07, 6.45) is -0.320. The molecule has 2 nitrogen and oxygen atoms in total. The third-order valence-corrected chi connectivity index (χ3v) is 3.29. The molecular formula is C11H16BrNO. The van der Waals surface area contributed by atoms with Gasteiger partial charge in [-0.2, -0.15) is 0 Å². The fourth-order valence-corrected chi connectivity index (χ4v) is 1.54. The summed E-state index contributed by atoms with van der Waals surface area (Å²) >= 11 is 3.52. The molecule has 0 aromatic heterocycles. The second-order valence-corrected chi connectivity index (χ2v) is 4.45. The van der Waals surface area contributed by atoms with E-state index in [1.165, 1.54) is 11.1 Å². The predicted octanol–water partition coefficient (Wildman–Crippen LogP) is 2.86. The monoisotopic (exact) mass is 257 g/mol. The average Bonchev–Trinajstić information content (AvgIpc) is 2.10. The summed E-state index contributed by atoms with van der Waals surface area (Å²) in [5.41, 5.74) is 3.47. The molecule has 0 amide bonds. The molecule has 0 heterocycles. The second-order valence-electron chi connectivity index (χ2n) is 3.65. The van der Waals surface area contributed by atoms with Gasteiger partial charge in [0, 0.05) is 16.7 Å². The van der Waals surface area contributed by atoms with Crippen molar-refractivity contribution in [2.45, 2.75) is 26.9 Å². The Morgan fingerprint density at radius 2 is 1.86 bits per heavy atom. The fraction of sp³-hybridized carbons (Fsp3) is 0.455. The molecule has 0 fully saturated rings. The Morgan fingerprint density at radius 1 is 1.36 bits per heavy atom. The number of aliphatic hydroxyl groups excluding tert-OH is 1. The summed E-state index contributed by atoms with van der Waals surface area (Å²) in [4.78, 5) is 0. The lowest BCUT2D eigenvalue weighted by molar-refractivity contribution is 0.208. The van der Waals surface area contributed by atoms with Gasteiger partial charge in [0.25, 0.3) is 0 Å². The highest BCUT2D eigenvalue weighted by atomic mass is 79.9. The van der Waals surface area contributed by atoms with E-state index in [0.29, 0.717) is 6.54 Å². The van der Waals surface area contributed by atoms with Crippen molar-refractivity contribution in [3.05, 3.63) is 27.7 Å². The van der Waals surface area contributed by atoms with E-state index in [4.69, 9.17) is 5.11 Å². The highest BCUT2D eigenvalue weighted by Gasteiger charge is 2.02. The first kappa shape index (κ1) is 11.5. The molecule has 0 radical (unpaired) electrons. The molecule has 14 heavy (non-hydrogen) atoms. The maximum atomic E-state index is 9.14. The van der Waals surface area contributed by atoms with E-state index in [2.05, 4.69) is 47.2 Å². The zero-order valence-electron chi connectivity index (χ0n) is 8.76. The minimum Gasteiger partial charge on any atom is -0.392 e. The number of halogens is 1. The molecule has 78 valence electrons. The Bertz CT molecular complexity index is 300. The Hall–Kier alpha value is -0.540. The molecule has 3 heteroatoms. The molecule has 0 aliphatic carbocycles. The maximum absolute atomic E-state index is 9.14. The van der Waals surface area contributed by atoms with E-state index >= 15 is 0 Å². The molecule has 0 saturated heterocycles. The van der Waals surface area contributed by atoms with E-state index in [-0.39, 0.29) is 6.10 Å². The quantitative estimate of drug-likeness (QED) is 0.873. The standard InChI is InChI=1S/C11H16BrNO/c1-7-4-10(13-6-9(3)14)5-8(2)11(7)12/h4-5,9,13-14H,6H2,1-3H3/t9-/m1/s1. The van der Waals surface area contributed by atoms with Crippen molar-refractivity contribution >= 4 is 21.6 Å². The lowest BCUT2D eigenvalue weighted by atomic mass is 10.1. The van der Waals surface area contributed by atoms with Gasteiger partial charge in [0.15, 0.2) is 0 Å². The zero-order chi connectivity index (χ0) is 10.7. The molecule has 0 aliphatic rings. The first-order valence-corrected chi connectivity index (χ1v) is 5.48. The van der Waals surface area contributed by atoms with Crippen LogP contribution in [-0.4, -0.2) is 17.8 Å². The summed E-state index contributed by atoms with van der Waals surface area (Å²) in [5, 5.41) is 12.3. The van der Waals surface area contributed by atoms with Crippen LogP contribution >= 0.6 is 15.9 Å². The lowest BCUT2D eigenvalue weighted by Crippen LogP contribution is -2.15. The topological polar surface area (TPSA) is 32.3 Å². The van der Waals surface area contributed by atoms with Gasteiger partial charge < -0.3 is 10.4 Å². The average molecular weight is 258 g/mol. The van der Waals surface area contributed by atoms with Crippen LogP contribution < -0.4 is 5.32 Å². The Morgan fingerprint density at radius 3 is 2.29 bits per heavy atom.